The Hall–Kier alpha value is -3.14. The monoisotopic (exact) mass is 428 g/mol. The van der Waals surface area contributed by atoms with Gasteiger partial charge in [-0.15, -0.1) is 13.2 Å². The van der Waals surface area contributed by atoms with Crippen molar-refractivity contribution in [2.24, 2.45) is 0 Å². The van der Waals surface area contributed by atoms with Crippen LogP contribution in [0.15, 0.2) is 42.5 Å². The molecule has 30 heavy (non-hydrogen) atoms. The zero-order chi connectivity index (χ0) is 22.3. The highest BCUT2D eigenvalue weighted by Crippen LogP contribution is 2.29. The van der Waals surface area contributed by atoms with Gasteiger partial charge in [-0.3, -0.25) is 9.69 Å². The molecule has 0 aliphatic rings. The fourth-order valence-corrected chi connectivity index (χ4v) is 2.57. The van der Waals surface area contributed by atoms with Crippen molar-refractivity contribution in [3.63, 3.8) is 0 Å². The lowest BCUT2D eigenvalue weighted by atomic mass is 10.1. The SMILES string of the molecule is CN(C)C(CCC=O)C(=O)Nc1cc(Oc2ccc(OC(F)(F)F)cc2)ccc1F. The summed E-state index contributed by atoms with van der Waals surface area (Å²) in [5, 5.41) is 2.47. The van der Waals surface area contributed by atoms with Gasteiger partial charge in [0.15, 0.2) is 0 Å². The molecular weight excluding hydrogens is 408 g/mol. The zero-order valence-corrected chi connectivity index (χ0v) is 16.2. The molecule has 1 amide bonds. The van der Waals surface area contributed by atoms with Gasteiger partial charge in [0.25, 0.3) is 0 Å². The largest absolute Gasteiger partial charge is 0.573 e. The van der Waals surface area contributed by atoms with Crippen molar-refractivity contribution in [1.29, 1.82) is 0 Å². The summed E-state index contributed by atoms with van der Waals surface area (Å²) in [7, 11) is 3.33. The van der Waals surface area contributed by atoms with Gasteiger partial charge in [-0.25, -0.2) is 4.39 Å². The number of ether oxygens (including phenoxy) is 2. The van der Waals surface area contributed by atoms with Crippen LogP contribution >= 0.6 is 0 Å². The Morgan fingerprint density at radius 1 is 1.10 bits per heavy atom. The minimum atomic E-state index is -4.80. The summed E-state index contributed by atoms with van der Waals surface area (Å²) >= 11 is 0. The molecule has 0 spiro atoms. The van der Waals surface area contributed by atoms with E-state index in [9.17, 15) is 27.2 Å². The first-order valence-electron chi connectivity index (χ1n) is 8.83. The van der Waals surface area contributed by atoms with Crippen molar-refractivity contribution in [2.45, 2.75) is 25.2 Å². The minimum Gasteiger partial charge on any atom is -0.457 e. The Morgan fingerprint density at radius 3 is 2.27 bits per heavy atom. The predicted molar refractivity (Wildman–Crippen MR) is 101 cm³/mol. The van der Waals surface area contributed by atoms with Gasteiger partial charge in [-0.2, -0.15) is 0 Å². The number of amides is 1. The van der Waals surface area contributed by atoms with Crippen LogP contribution in [0.2, 0.25) is 0 Å². The van der Waals surface area contributed by atoms with E-state index in [-0.39, 0.29) is 30.0 Å². The summed E-state index contributed by atoms with van der Waals surface area (Å²) in [5.74, 6) is -1.26. The van der Waals surface area contributed by atoms with Gasteiger partial charge < -0.3 is 19.6 Å². The summed E-state index contributed by atoms with van der Waals surface area (Å²) in [6.07, 6.45) is -3.66. The second-order valence-electron chi connectivity index (χ2n) is 6.48. The number of hydrogen-bond donors (Lipinski definition) is 1. The Labute approximate surface area is 170 Å². The Bertz CT molecular complexity index is 870. The topological polar surface area (TPSA) is 67.9 Å². The fourth-order valence-electron chi connectivity index (χ4n) is 2.57. The van der Waals surface area contributed by atoms with Crippen LogP contribution in [0.4, 0.5) is 23.2 Å². The standard InChI is InChI=1S/C20H20F4N2O4/c1-26(2)18(4-3-11-27)19(28)25-17-12-15(9-10-16(17)21)29-13-5-7-14(8-6-13)30-20(22,23)24/h5-12,18H,3-4H2,1-2H3,(H,25,28). The first kappa shape index (κ1) is 23.1. The van der Waals surface area contributed by atoms with E-state index in [2.05, 4.69) is 10.1 Å². The number of halogens is 4. The first-order valence-corrected chi connectivity index (χ1v) is 8.83. The second-order valence-corrected chi connectivity index (χ2v) is 6.48. The Morgan fingerprint density at radius 2 is 1.70 bits per heavy atom. The third-order valence-corrected chi connectivity index (χ3v) is 3.97. The molecule has 162 valence electrons. The summed E-state index contributed by atoms with van der Waals surface area (Å²) < 4.78 is 60.0. The van der Waals surface area contributed by atoms with E-state index in [0.29, 0.717) is 6.29 Å². The van der Waals surface area contributed by atoms with Crippen molar-refractivity contribution in [1.82, 2.24) is 4.90 Å². The van der Waals surface area contributed by atoms with E-state index in [4.69, 9.17) is 4.74 Å². The van der Waals surface area contributed by atoms with Gasteiger partial charge in [0, 0.05) is 12.5 Å². The number of carbonyl (C=O) groups excluding carboxylic acids is 2. The van der Waals surface area contributed by atoms with Gasteiger partial charge in [-0.05, 0) is 56.9 Å². The van der Waals surface area contributed by atoms with Crippen LogP contribution < -0.4 is 14.8 Å². The maximum Gasteiger partial charge on any atom is 0.573 e. The average Bonchev–Trinajstić information content (AvgIpc) is 2.65. The number of anilines is 1. The van der Waals surface area contributed by atoms with Gasteiger partial charge in [0.05, 0.1) is 11.7 Å². The quantitative estimate of drug-likeness (QED) is 0.475. The Kier molecular flexibility index (Phi) is 7.76. The Balaban J connectivity index is 2.11. The van der Waals surface area contributed by atoms with Crippen LogP contribution in [0.5, 0.6) is 17.2 Å². The molecule has 2 aromatic rings. The van der Waals surface area contributed by atoms with E-state index in [1.54, 1.807) is 19.0 Å². The lowest BCUT2D eigenvalue weighted by Crippen LogP contribution is -2.39. The molecule has 1 atom stereocenters. The first-order chi connectivity index (χ1) is 14.1. The highest BCUT2D eigenvalue weighted by molar-refractivity contribution is 5.95. The summed E-state index contributed by atoms with van der Waals surface area (Å²) in [5.41, 5.74) is -0.132. The smallest absolute Gasteiger partial charge is 0.457 e. The van der Waals surface area contributed by atoms with Crippen molar-refractivity contribution >= 4 is 17.9 Å². The highest BCUT2D eigenvalue weighted by Gasteiger charge is 2.31. The number of nitrogens with one attached hydrogen (secondary N) is 1. The molecular formula is C20H20F4N2O4. The van der Waals surface area contributed by atoms with Crippen molar-refractivity contribution in [2.75, 3.05) is 19.4 Å². The summed E-state index contributed by atoms with van der Waals surface area (Å²) in [6.45, 7) is 0. The number of alkyl halides is 3. The third kappa shape index (κ3) is 7.03. The van der Waals surface area contributed by atoms with E-state index in [1.165, 1.54) is 24.3 Å². The number of likely N-dealkylation sites (N-methyl/N-ethyl adjacent to an activating group) is 1. The highest BCUT2D eigenvalue weighted by atomic mass is 19.4. The molecule has 0 heterocycles. The van der Waals surface area contributed by atoms with Crippen molar-refractivity contribution in [3.8, 4) is 17.2 Å². The van der Waals surface area contributed by atoms with Gasteiger partial charge in [-0.1, -0.05) is 0 Å². The number of carbonyl (C=O) groups is 2. The molecule has 0 saturated carbocycles. The van der Waals surface area contributed by atoms with Crippen molar-refractivity contribution < 1.29 is 36.6 Å². The molecule has 1 N–H and O–H groups in total. The molecule has 10 heteroatoms. The maximum atomic E-state index is 14.1. The maximum absolute atomic E-state index is 14.1. The van der Waals surface area contributed by atoms with E-state index in [0.717, 1.165) is 18.2 Å². The number of nitrogens with zero attached hydrogens (tertiary/aromatic N) is 1. The van der Waals surface area contributed by atoms with Crippen LogP contribution in [0.1, 0.15) is 12.8 Å². The lowest BCUT2D eigenvalue weighted by Gasteiger charge is -2.23. The predicted octanol–water partition coefficient (Wildman–Crippen LogP) is 4.36. The number of benzene rings is 2. The van der Waals surface area contributed by atoms with Crippen LogP contribution in [0, 0.1) is 5.82 Å². The normalized spacial score (nSPS) is 12.4. The molecule has 0 bridgehead atoms. The van der Waals surface area contributed by atoms with Crippen LogP contribution in [0.25, 0.3) is 0 Å². The third-order valence-electron chi connectivity index (χ3n) is 3.97. The molecule has 0 aliphatic heterocycles. The number of hydrogen-bond acceptors (Lipinski definition) is 5. The van der Waals surface area contributed by atoms with Crippen molar-refractivity contribution in [3.05, 3.63) is 48.3 Å². The van der Waals surface area contributed by atoms with Gasteiger partial charge in [0.1, 0.15) is 29.4 Å². The molecule has 2 rings (SSSR count). The lowest BCUT2D eigenvalue weighted by molar-refractivity contribution is -0.274. The number of rotatable bonds is 9. The fraction of sp³-hybridized carbons (Fsp3) is 0.300. The van der Waals surface area contributed by atoms with Crippen LogP contribution in [-0.2, 0) is 9.59 Å². The second kappa shape index (κ2) is 10.1. The van der Waals surface area contributed by atoms with E-state index in [1.807, 2.05) is 0 Å². The zero-order valence-electron chi connectivity index (χ0n) is 16.2. The van der Waals surface area contributed by atoms with E-state index >= 15 is 0 Å². The molecule has 0 radical (unpaired) electrons. The molecule has 2 aromatic carbocycles. The average molecular weight is 428 g/mol. The summed E-state index contributed by atoms with van der Waals surface area (Å²) in [4.78, 5) is 24.6. The van der Waals surface area contributed by atoms with Crippen LogP contribution in [0.3, 0.4) is 0 Å². The molecule has 0 aliphatic carbocycles. The molecule has 0 fully saturated rings. The number of aldehydes is 1. The molecule has 6 nitrogen and oxygen atoms in total. The minimum absolute atomic E-state index is 0.132. The molecule has 0 aromatic heterocycles. The van der Waals surface area contributed by atoms with E-state index < -0.39 is 29.9 Å². The molecule has 1 unspecified atom stereocenters. The van der Waals surface area contributed by atoms with Gasteiger partial charge >= 0.3 is 6.36 Å². The summed E-state index contributed by atoms with van der Waals surface area (Å²) in [6, 6.07) is 7.66. The molecule has 0 saturated heterocycles. The van der Waals surface area contributed by atoms with Gasteiger partial charge in [0.2, 0.25) is 5.91 Å². The van der Waals surface area contributed by atoms with Crippen LogP contribution in [-0.4, -0.2) is 43.6 Å².